The average Bonchev–Trinajstić information content (AvgIpc) is 2.39. The van der Waals surface area contributed by atoms with Gasteiger partial charge in [-0.05, 0) is 18.6 Å². The molecular formula is C14H13ClN2O3. The zero-order chi connectivity index (χ0) is 14.5. The van der Waals surface area contributed by atoms with Crippen LogP contribution in [0.3, 0.4) is 0 Å². The fraction of sp³-hybridized carbons (Fsp3) is 0.214. The van der Waals surface area contributed by atoms with Crippen LogP contribution in [-0.4, -0.2) is 21.0 Å². The summed E-state index contributed by atoms with van der Waals surface area (Å²) < 4.78 is 5.52. The van der Waals surface area contributed by atoms with Gasteiger partial charge in [0.2, 0.25) is 5.88 Å². The molecule has 6 heteroatoms. The molecule has 0 amide bonds. The number of aromatic carboxylic acids is 1. The van der Waals surface area contributed by atoms with Gasteiger partial charge < -0.3 is 9.84 Å². The van der Waals surface area contributed by atoms with Crippen molar-refractivity contribution in [3.63, 3.8) is 0 Å². The number of aryl methyl sites for hydroxylation is 1. The number of hydrogen-bond donors (Lipinski definition) is 1. The van der Waals surface area contributed by atoms with E-state index in [1.165, 1.54) is 24.5 Å². The van der Waals surface area contributed by atoms with Gasteiger partial charge in [0.25, 0.3) is 0 Å². The van der Waals surface area contributed by atoms with E-state index in [9.17, 15) is 4.79 Å². The fourth-order valence-corrected chi connectivity index (χ4v) is 1.86. The van der Waals surface area contributed by atoms with Crippen LogP contribution < -0.4 is 4.74 Å². The molecule has 1 aromatic carbocycles. The Labute approximate surface area is 121 Å². The van der Waals surface area contributed by atoms with Crippen molar-refractivity contribution in [2.45, 2.75) is 19.8 Å². The van der Waals surface area contributed by atoms with Crippen LogP contribution in [0.1, 0.15) is 29.4 Å². The lowest BCUT2D eigenvalue weighted by atomic mass is 10.2. The molecule has 0 aliphatic heterocycles. The Bertz CT molecular complexity index is 632. The van der Waals surface area contributed by atoms with Gasteiger partial charge in [-0.25, -0.2) is 14.8 Å². The zero-order valence-corrected chi connectivity index (χ0v) is 11.6. The maximum Gasteiger partial charge on any atom is 0.339 e. The highest BCUT2D eigenvalue weighted by atomic mass is 35.5. The van der Waals surface area contributed by atoms with Crippen LogP contribution in [0.15, 0.2) is 30.6 Å². The minimum absolute atomic E-state index is 0.0325. The van der Waals surface area contributed by atoms with Crippen LogP contribution in [0, 0.1) is 0 Å². The summed E-state index contributed by atoms with van der Waals surface area (Å²) in [6.45, 7) is 2.04. The van der Waals surface area contributed by atoms with Gasteiger partial charge >= 0.3 is 5.97 Å². The molecule has 0 bridgehead atoms. The summed E-state index contributed by atoms with van der Waals surface area (Å²) in [6.07, 6.45) is 3.15. The number of rotatable bonds is 5. The Morgan fingerprint density at radius 3 is 2.85 bits per heavy atom. The topological polar surface area (TPSA) is 72.3 Å². The summed E-state index contributed by atoms with van der Waals surface area (Å²) in [7, 11) is 0. The van der Waals surface area contributed by atoms with Gasteiger partial charge in [0.15, 0.2) is 0 Å². The van der Waals surface area contributed by atoms with E-state index in [0.29, 0.717) is 10.9 Å². The Balaban J connectivity index is 2.31. The van der Waals surface area contributed by atoms with E-state index in [4.69, 9.17) is 21.4 Å². The third-order valence-corrected chi connectivity index (χ3v) is 2.83. The van der Waals surface area contributed by atoms with Gasteiger partial charge in [0.1, 0.15) is 17.6 Å². The molecule has 0 aliphatic carbocycles. The zero-order valence-electron chi connectivity index (χ0n) is 10.8. The second kappa shape index (κ2) is 6.34. The van der Waals surface area contributed by atoms with Crippen LogP contribution in [0.2, 0.25) is 5.02 Å². The number of carboxylic acid groups (broad SMARTS) is 1. The summed E-state index contributed by atoms with van der Waals surface area (Å²) in [5, 5.41) is 9.51. The molecule has 0 saturated heterocycles. The third-order valence-electron chi connectivity index (χ3n) is 2.59. The molecule has 20 heavy (non-hydrogen) atoms. The van der Waals surface area contributed by atoms with E-state index < -0.39 is 5.97 Å². The largest absolute Gasteiger partial charge is 0.478 e. The van der Waals surface area contributed by atoms with E-state index >= 15 is 0 Å². The Hall–Kier alpha value is -2.14. The Morgan fingerprint density at radius 2 is 2.15 bits per heavy atom. The maximum atomic E-state index is 11.1. The highest BCUT2D eigenvalue weighted by Crippen LogP contribution is 2.27. The molecule has 0 saturated carbocycles. The monoisotopic (exact) mass is 292 g/mol. The lowest BCUT2D eigenvalue weighted by Crippen LogP contribution is -2.01. The molecule has 1 heterocycles. The number of halogens is 1. The highest BCUT2D eigenvalue weighted by molar-refractivity contribution is 6.30. The number of carbonyl (C=O) groups is 1. The summed E-state index contributed by atoms with van der Waals surface area (Å²) in [5.41, 5.74) is 0.876. The lowest BCUT2D eigenvalue weighted by Gasteiger charge is -2.09. The van der Waals surface area contributed by atoms with Crippen molar-refractivity contribution < 1.29 is 14.6 Å². The predicted molar refractivity (Wildman–Crippen MR) is 74.5 cm³/mol. The number of carboxylic acids is 1. The van der Waals surface area contributed by atoms with Gasteiger partial charge in [-0.1, -0.05) is 24.9 Å². The maximum absolute atomic E-state index is 11.1. The minimum Gasteiger partial charge on any atom is -0.478 e. The van der Waals surface area contributed by atoms with E-state index in [1.807, 2.05) is 6.92 Å². The Morgan fingerprint density at radius 1 is 1.35 bits per heavy atom. The molecule has 0 spiro atoms. The number of aromatic nitrogens is 2. The lowest BCUT2D eigenvalue weighted by molar-refractivity contribution is 0.0694. The van der Waals surface area contributed by atoms with Crippen molar-refractivity contribution in [2.75, 3.05) is 0 Å². The standard InChI is InChI=1S/C14H13ClN2O3/c1-2-3-10-7-13(17-8-16-10)20-12-6-9(15)4-5-11(12)14(18)19/h4-8H,2-3H2,1H3,(H,18,19). The second-order valence-electron chi connectivity index (χ2n) is 4.15. The van der Waals surface area contributed by atoms with Crippen molar-refractivity contribution in [1.29, 1.82) is 0 Å². The first-order valence-electron chi connectivity index (χ1n) is 6.11. The van der Waals surface area contributed by atoms with E-state index in [-0.39, 0.29) is 11.3 Å². The molecule has 2 aromatic rings. The van der Waals surface area contributed by atoms with Crippen LogP contribution in [0.5, 0.6) is 11.6 Å². The first-order chi connectivity index (χ1) is 9.60. The molecular weight excluding hydrogens is 280 g/mol. The number of ether oxygens (including phenoxy) is 1. The predicted octanol–water partition coefficient (Wildman–Crippen LogP) is 3.57. The normalized spacial score (nSPS) is 10.3. The van der Waals surface area contributed by atoms with Crippen LogP contribution in [0.25, 0.3) is 0 Å². The van der Waals surface area contributed by atoms with Crippen LogP contribution in [0.4, 0.5) is 0 Å². The van der Waals surface area contributed by atoms with Gasteiger partial charge in [-0.2, -0.15) is 0 Å². The van der Waals surface area contributed by atoms with Crippen LogP contribution >= 0.6 is 11.6 Å². The van der Waals surface area contributed by atoms with Crippen molar-refractivity contribution in [3.8, 4) is 11.6 Å². The molecule has 104 valence electrons. The molecule has 0 atom stereocenters. The smallest absolute Gasteiger partial charge is 0.339 e. The van der Waals surface area contributed by atoms with Crippen molar-refractivity contribution in [1.82, 2.24) is 9.97 Å². The quantitative estimate of drug-likeness (QED) is 0.912. The van der Waals surface area contributed by atoms with Gasteiger partial charge in [0, 0.05) is 22.8 Å². The third kappa shape index (κ3) is 3.45. The van der Waals surface area contributed by atoms with Crippen molar-refractivity contribution in [2.24, 2.45) is 0 Å². The van der Waals surface area contributed by atoms with E-state index in [2.05, 4.69) is 9.97 Å². The average molecular weight is 293 g/mol. The fourth-order valence-electron chi connectivity index (χ4n) is 1.70. The Kier molecular flexibility index (Phi) is 4.53. The highest BCUT2D eigenvalue weighted by Gasteiger charge is 2.13. The second-order valence-corrected chi connectivity index (χ2v) is 4.58. The number of nitrogens with zero attached hydrogens (tertiary/aromatic N) is 2. The van der Waals surface area contributed by atoms with E-state index in [1.54, 1.807) is 6.07 Å². The van der Waals surface area contributed by atoms with Gasteiger partial charge in [-0.3, -0.25) is 0 Å². The van der Waals surface area contributed by atoms with Gasteiger partial charge in [0.05, 0.1) is 0 Å². The van der Waals surface area contributed by atoms with Gasteiger partial charge in [-0.15, -0.1) is 0 Å². The summed E-state index contributed by atoms with van der Waals surface area (Å²) in [6, 6.07) is 6.04. The summed E-state index contributed by atoms with van der Waals surface area (Å²) in [5.74, 6) is -0.626. The number of hydrogen-bond acceptors (Lipinski definition) is 4. The molecule has 0 radical (unpaired) electrons. The van der Waals surface area contributed by atoms with Crippen LogP contribution in [-0.2, 0) is 6.42 Å². The van der Waals surface area contributed by atoms with Crippen molar-refractivity contribution >= 4 is 17.6 Å². The van der Waals surface area contributed by atoms with E-state index in [0.717, 1.165) is 18.5 Å². The molecule has 1 aromatic heterocycles. The SMILES string of the molecule is CCCc1cc(Oc2cc(Cl)ccc2C(=O)O)ncn1. The molecule has 0 aliphatic rings. The molecule has 2 rings (SSSR count). The first kappa shape index (κ1) is 14.3. The van der Waals surface area contributed by atoms with Crippen molar-refractivity contribution in [3.05, 3.63) is 46.9 Å². The molecule has 0 unspecified atom stereocenters. The summed E-state index contributed by atoms with van der Waals surface area (Å²) >= 11 is 5.86. The molecule has 0 fully saturated rings. The first-order valence-corrected chi connectivity index (χ1v) is 6.49. The molecule has 1 N–H and O–H groups in total. The number of benzene rings is 1. The minimum atomic E-state index is -1.08. The summed E-state index contributed by atoms with van der Waals surface area (Å²) in [4.78, 5) is 19.2. The molecule has 5 nitrogen and oxygen atoms in total.